The first-order chi connectivity index (χ1) is 19.1. The number of hydrogen-bond acceptors (Lipinski definition) is 5. The largest absolute Gasteiger partial charge is 0.469 e. The van der Waals surface area contributed by atoms with E-state index in [0.717, 1.165) is 28.7 Å². The van der Waals surface area contributed by atoms with Crippen molar-refractivity contribution in [3.8, 4) is 11.1 Å². The monoisotopic (exact) mass is 548 g/mol. The predicted octanol–water partition coefficient (Wildman–Crippen LogP) is 5.91. The van der Waals surface area contributed by atoms with E-state index >= 15 is 0 Å². The number of rotatable bonds is 10. The summed E-state index contributed by atoms with van der Waals surface area (Å²) in [5.41, 5.74) is 10.1. The number of nitrogens with two attached hydrogens (primary N) is 1. The highest BCUT2D eigenvalue weighted by Gasteiger charge is 2.25. The van der Waals surface area contributed by atoms with E-state index in [4.69, 9.17) is 20.7 Å². The molecule has 0 radical (unpaired) electrons. The fraction of sp³-hybridized carbons (Fsp3) is 0.394. The number of pyridine rings is 1. The van der Waals surface area contributed by atoms with Crippen molar-refractivity contribution < 1.29 is 23.9 Å². The summed E-state index contributed by atoms with van der Waals surface area (Å²) in [6.45, 7) is 11.9. The topological polar surface area (TPSA) is 106 Å². The maximum absolute atomic E-state index is 11.9. The molecule has 0 fully saturated rings. The molecule has 0 saturated carbocycles. The van der Waals surface area contributed by atoms with E-state index in [1.807, 2.05) is 94.7 Å². The van der Waals surface area contributed by atoms with E-state index in [-0.39, 0.29) is 35.3 Å². The predicted molar refractivity (Wildman–Crippen MR) is 161 cm³/mol. The Balaban J connectivity index is 0.000000377. The summed E-state index contributed by atoms with van der Waals surface area (Å²) < 4.78 is 6.50. The Hall–Kier alpha value is -4.00. The first-order valence-corrected chi connectivity index (χ1v) is 13.8. The quantitative estimate of drug-likeness (QED) is 0.108. The third-order valence-corrected chi connectivity index (χ3v) is 6.57. The number of nitrogens with zero attached hydrogens (tertiary/aromatic N) is 1. The summed E-state index contributed by atoms with van der Waals surface area (Å²) in [5.74, 6) is 0.174. The Morgan fingerprint density at radius 2 is 1.48 bits per heavy atom. The second-order valence-corrected chi connectivity index (χ2v) is 9.56. The second kappa shape index (κ2) is 17.6. The molecule has 0 saturated heterocycles. The van der Waals surface area contributed by atoms with Crippen molar-refractivity contribution in [3.05, 3.63) is 89.7 Å². The second-order valence-electron chi connectivity index (χ2n) is 9.56. The molecule has 0 spiro atoms. The maximum atomic E-state index is 11.9. The summed E-state index contributed by atoms with van der Waals surface area (Å²) in [5, 5.41) is 7.44. The molecule has 1 heterocycles. The number of ether oxygens (including phenoxy) is 1. The van der Waals surface area contributed by atoms with Crippen LogP contribution in [0, 0.1) is 23.2 Å². The minimum absolute atomic E-state index is 0.0308. The Bertz CT molecular complexity index is 1210. The Labute approximate surface area is 239 Å². The molecule has 1 aromatic heterocycles. The van der Waals surface area contributed by atoms with Gasteiger partial charge < -0.3 is 10.5 Å². The minimum Gasteiger partial charge on any atom is -0.469 e. The Morgan fingerprint density at radius 3 is 1.95 bits per heavy atom. The molecule has 0 aliphatic rings. The molecule has 1 unspecified atom stereocenters. The molecule has 7 nitrogen and oxygen atoms in total. The van der Waals surface area contributed by atoms with Gasteiger partial charge in [0.05, 0.1) is 13.0 Å². The highest BCUT2D eigenvalue weighted by atomic mass is 16.6. The molecule has 7 heteroatoms. The average Bonchev–Trinajstić information content (AvgIpc) is 3.00. The normalized spacial score (nSPS) is 11.6. The van der Waals surface area contributed by atoms with Gasteiger partial charge in [-0.2, -0.15) is 0 Å². The fourth-order valence-electron chi connectivity index (χ4n) is 3.96. The first kappa shape index (κ1) is 34.0. The van der Waals surface area contributed by atoms with Crippen LogP contribution in [-0.4, -0.2) is 31.8 Å². The van der Waals surface area contributed by atoms with Gasteiger partial charge in [0.1, 0.15) is 12.9 Å². The lowest BCUT2D eigenvalue weighted by Crippen LogP contribution is -2.39. The number of carbonyl (C=O) groups excluding carboxylic acids is 2. The van der Waals surface area contributed by atoms with Gasteiger partial charge >= 0.3 is 5.97 Å². The van der Waals surface area contributed by atoms with Crippen molar-refractivity contribution in [2.75, 3.05) is 14.2 Å². The molecule has 3 rings (SSSR count). The molecule has 0 aliphatic carbocycles. The lowest BCUT2D eigenvalue weighted by Gasteiger charge is -2.20. The standard InChI is InChI=1S/C16H18NO2.C15H22N2O2.C2H6/c1-12(2)16(18)15-6-4-13(5-7-15)14-8-10-17(19-3)11-9-14;1-4-10(2)13(15(18)19-3)9-11-6-5-7-12(8-11)14(16)17;1-2/h4-12H,1-3H3;5-8,10,13H,4,9H2,1-3H3,(H3,16,17);1-2H3/q+1;;/t;10?,13-;/m.1./s1. The molecule has 2 atom stereocenters. The van der Waals surface area contributed by atoms with Crippen LogP contribution in [-0.2, 0) is 16.0 Å². The minimum atomic E-state index is -0.178. The lowest BCUT2D eigenvalue weighted by atomic mass is 9.86. The molecule has 216 valence electrons. The van der Waals surface area contributed by atoms with E-state index in [9.17, 15) is 9.59 Å². The van der Waals surface area contributed by atoms with E-state index in [0.29, 0.717) is 12.0 Å². The maximum Gasteiger partial charge on any atom is 0.309 e. The van der Waals surface area contributed by atoms with Gasteiger partial charge in [-0.1, -0.05) is 90.4 Å². The highest BCUT2D eigenvalue weighted by molar-refractivity contribution is 5.97. The van der Waals surface area contributed by atoms with Crippen molar-refractivity contribution >= 4 is 17.6 Å². The summed E-state index contributed by atoms with van der Waals surface area (Å²) in [7, 11) is 3.04. The zero-order chi connectivity index (χ0) is 30.2. The summed E-state index contributed by atoms with van der Waals surface area (Å²) in [6, 6.07) is 19.1. The van der Waals surface area contributed by atoms with Gasteiger partial charge in [0.2, 0.25) is 12.4 Å². The number of methoxy groups -OCH3 is 1. The molecule has 3 aromatic rings. The van der Waals surface area contributed by atoms with Crippen LogP contribution in [0.1, 0.15) is 69.4 Å². The zero-order valence-electron chi connectivity index (χ0n) is 25.2. The molecular weight excluding hydrogens is 502 g/mol. The van der Waals surface area contributed by atoms with Crippen LogP contribution in [0.3, 0.4) is 0 Å². The van der Waals surface area contributed by atoms with Gasteiger partial charge in [-0.3, -0.25) is 19.8 Å². The number of nitrogens with one attached hydrogen (secondary N) is 1. The third kappa shape index (κ3) is 10.3. The summed E-state index contributed by atoms with van der Waals surface area (Å²) in [6.07, 6.45) is 5.24. The summed E-state index contributed by atoms with van der Waals surface area (Å²) in [4.78, 5) is 28.8. The third-order valence-electron chi connectivity index (χ3n) is 6.57. The van der Waals surface area contributed by atoms with Gasteiger partial charge in [-0.25, -0.2) is 0 Å². The van der Waals surface area contributed by atoms with Crippen LogP contribution in [0.4, 0.5) is 0 Å². The number of benzene rings is 2. The van der Waals surface area contributed by atoms with E-state index in [1.165, 1.54) is 7.11 Å². The van der Waals surface area contributed by atoms with E-state index < -0.39 is 0 Å². The van der Waals surface area contributed by atoms with Crippen LogP contribution in [0.2, 0.25) is 0 Å². The lowest BCUT2D eigenvalue weighted by molar-refractivity contribution is -0.885. The van der Waals surface area contributed by atoms with E-state index in [2.05, 4.69) is 13.8 Å². The van der Waals surface area contributed by atoms with Gasteiger partial charge in [0.15, 0.2) is 5.78 Å². The summed E-state index contributed by atoms with van der Waals surface area (Å²) >= 11 is 0. The van der Waals surface area contributed by atoms with E-state index in [1.54, 1.807) is 17.9 Å². The number of nitrogen functional groups attached to an aromatic ring is 1. The van der Waals surface area contributed by atoms with Gasteiger partial charge in [0, 0.05) is 33.9 Å². The van der Waals surface area contributed by atoms with Crippen LogP contribution in [0.5, 0.6) is 0 Å². The molecule has 0 aliphatic heterocycles. The van der Waals surface area contributed by atoms with Gasteiger partial charge in [0.25, 0.3) is 0 Å². The molecule has 3 N–H and O–H groups in total. The number of aromatic nitrogens is 1. The number of hydrogen-bond donors (Lipinski definition) is 2. The van der Waals surface area contributed by atoms with Crippen LogP contribution < -0.4 is 15.3 Å². The molecule has 0 amide bonds. The average molecular weight is 549 g/mol. The molecule has 2 aromatic carbocycles. The molecular formula is C33H46N3O4+. The molecule has 40 heavy (non-hydrogen) atoms. The first-order valence-electron chi connectivity index (χ1n) is 13.8. The van der Waals surface area contributed by atoms with Crippen molar-refractivity contribution in [1.29, 1.82) is 5.41 Å². The van der Waals surface area contributed by atoms with Crippen molar-refractivity contribution in [2.45, 2.75) is 54.4 Å². The number of carbonyl (C=O) groups is 2. The van der Waals surface area contributed by atoms with Crippen molar-refractivity contribution in [2.24, 2.45) is 23.5 Å². The van der Waals surface area contributed by atoms with Crippen LogP contribution in [0.15, 0.2) is 73.1 Å². The SMILES string of the molecule is CC.CCC(C)[C@@H](Cc1cccc(C(=N)N)c1)C(=O)OC.CO[n+]1ccc(-c2ccc(C(=O)C(C)C)cc2)cc1. The van der Waals surface area contributed by atoms with Crippen LogP contribution >= 0.6 is 0 Å². The number of Topliss-reactive ketones (excluding diaryl/α,β-unsaturated/α-hetero) is 1. The fourth-order valence-corrected chi connectivity index (χ4v) is 3.96. The highest BCUT2D eigenvalue weighted by Crippen LogP contribution is 2.22. The zero-order valence-corrected chi connectivity index (χ0v) is 25.2. The smallest absolute Gasteiger partial charge is 0.309 e. The molecule has 0 bridgehead atoms. The number of ketones is 1. The Kier molecular flexibility index (Phi) is 14.9. The number of esters is 1. The van der Waals surface area contributed by atoms with Gasteiger partial charge in [-0.05, 0) is 35.1 Å². The van der Waals surface area contributed by atoms with Crippen molar-refractivity contribution in [3.63, 3.8) is 0 Å². The number of amidine groups is 1. The van der Waals surface area contributed by atoms with Crippen molar-refractivity contribution in [1.82, 2.24) is 0 Å². The van der Waals surface area contributed by atoms with Gasteiger partial charge in [-0.15, -0.1) is 0 Å². The van der Waals surface area contributed by atoms with Crippen LogP contribution in [0.25, 0.3) is 11.1 Å². The Morgan fingerprint density at radius 1 is 0.900 bits per heavy atom.